The first kappa shape index (κ1) is 32.5. The van der Waals surface area contributed by atoms with Gasteiger partial charge in [-0.1, -0.05) is 49.2 Å². The van der Waals surface area contributed by atoms with Gasteiger partial charge in [0.25, 0.3) is 10.0 Å². The highest BCUT2D eigenvalue weighted by Gasteiger charge is 2.36. The van der Waals surface area contributed by atoms with Crippen LogP contribution in [0.2, 0.25) is 5.02 Å². The highest BCUT2D eigenvalue weighted by molar-refractivity contribution is 7.90. The first-order valence-corrected chi connectivity index (χ1v) is 16.1. The minimum atomic E-state index is -4.16. The van der Waals surface area contributed by atoms with Gasteiger partial charge in [0.15, 0.2) is 17.3 Å². The van der Waals surface area contributed by atoms with Crippen LogP contribution in [0.4, 0.5) is 10.2 Å². The van der Waals surface area contributed by atoms with E-state index in [1.807, 2.05) is 32.9 Å². The van der Waals surface area contributed by atoms with Crippen molar-refractivity contribution in [2.75, 3.05) is 11.9 Å². The molecule has 0 bridgehead atoms. The van der Waals surface area contributed by atoms with Gasteiger partial charge in [-0.15, -0.1) is 0 Å². The third-order valence-electron chi connectivity index (χ3n) is 7.69. The van der Waals surface area contributed by atoms with Crippen molar-refractivity contribution in [2.24, 2.45) is 0 Å². The number of hydrogen-bond acceptors (Lipinski definition) is 9. The topological polar surface area (TPSA) is 140 Å². The largest absolute Gasteiger partial charge is 0.466 e. The molecule has 1 N–H and O–H groups in total. The van der Waals surface area contributed by atoms with E-state index < -0.39 is 33.3 Å². The predicted molar refractivity (Wildman–Crippen MR) is 172 cm³/mol. The molecule has 236 valence electrons. The van der Waals surface area contributed by atoms with Gasteiger partial charge in [0, 0.05) is 46.7 Å². The van der Waals surface area contributed by atoms with E-state index in [0.717, 1.165) is 15.6 Å². The van der Waals surface area contributed by atoms with Gasteiger partial charge in [0.05, 0.1) is 34.2 Å². The molecule has 0 aliphatic carbocycles. The molecule has 0 saturated carbocycles. The molecule has 0 saturated heterocycles. The number of anilines is 1. The highest BCUT2D eigenvalue weighted by Crippen LogP contribution is 2.37. The molecule has 4 aromatic heterocycles. The Kier molecular flexibility index (Phi) is 9.10. The number of nitriles is 1. The molecule has 1 atom stereocenters. The third kappa shape index (κ3) is 6.29. The molecule has 0 amide bonds. The standard InChI is InChI=1S/C33H30ClFN6O4S/c1-5-45-29(42)16-28(33(3,4)27-8-6-7-13-37-27)39-31-26(35)14-21(17-36)30(40-31)25-19-41(32-24(25)15-22(34)18-38-32)46(43,44)23-11-9-20(2)10-12-23/h6-15,18-19,28H,5,16H2,1-4H3,(H,39,40). The maximum Gasteiger partial charge on any atom is 0.307 e. The highest BCUT2D eigenvalue weighted by atomic mass is 35.5. The van der Waals surface area contributed by atoms with Crippen molar-refractivity contribution in [3.8, 4) is 17.3 Å². The molecule has 1 aromatic carbocycles. The Morgan fingerprint density at radius 2 is 1.91 bits per heavy atom. The van der Waals surface area contributed by atoms with Crippen molar-refractivity contribution in [3.63, 3.8) is 0 Å². The van der Waals surface area contributed by atoms with E-state index >= 15 is 4.39 Å². The van der Waals surface area contributed by atoms with Crippen LogP contribution in [0, 0.1) is 24.1 Å². The van der Waals surface area contributed by atoms with Gasteiger partial charge in [-0.05, 0) is 50.2 Å². The molecule has 0 radical (unpaired) electrons. The number of rotatable bonds is 10. The lowest BCUT2D eigenvalue weighted by Gasteiger charge is -2.34. The number of carbonyl (C=O) groups is 1. The monoisotopic (exact) mass is 660 g/mol. The number of hydrogen-bond donors (Lipinski definition) is 1. The van der Waals surface area contributed by atoms with Crippen molar-refractivity contribution in [3.05, 3.63) is 101 Å². The van der Waals surface area contributed by atoms with Crippen LogP contribution in [-0.2, 0) is 25.0 Å². The van der Waals surface area contributed by atoms with Crippen LogP contribution in [0.3, 0.4) is 0 Å². The van der Waals surface area contributed by atoms with Gasteiger partial charge in [-0.25, -0.2) is 26.7 Å². The van der Waals surface area contributed by atoms with Gasteiger partial charge in [-0.2, -0.15) is 5.26 Å². The molecule has 4 heterocycles. The number of carbonyl (C=O) groups excluding carboxylic acids is 1. The third-order valence-corrected chi connectivity index (χ3v) is 9.56. The number of nitrogens with one attached hydrogen (secondary N) is 1. The molecular formula is C33H30ClFN6O4S. The molecule has 13 heteroatoms. The van der Waals surface area contributed by atoms with E-state index in [9.17, 15) is 18.5 Å². The Labute approximate surface area is 270 Å². The van der Waals surface area contributed by atoms with Gasteiger partial charge >= 0.3 is 5.97 Å². The van der Waals surface area contributed by atoms with E-state index in [-0.39, 0.29) is 56.6 Å². The molecule has 0 aliphatic heterocycles. The first-order valence-electron chi connectivity index (χ1n) is 14.3. The van der Waals surface area contributed by atoms with E-state index in [1.165, 1.54) is 30.6 Å². The Bertz CT molecular complexity index is 2080. The van der Waals surface area contributed by atoms with Crippen molar-refractivity contribution >= 4 is 44.4 Å². The second-order valence-corrected chi connectivity index (χ2v) is 13.4. The zero-order chi connectivity index (χ0) is 33.2. The Hall–Kier alpha value is -4.86. The minimum Gasteiger partial charge on any atom is -0.466 e. The Balaban J connectivity index is 1.67. The summed E-state index contributed by atoms with van der Waals surface area (Å²) in [7, 11) is -4.16. The molecule has 46 heavy (non-hydrogen) atoms. The second-order valence-electron chi connectivity index (χ2n) is 11.2. The number of nitrogens with zero attached hydrogens (tertiary/aromatic N) is 5. The zero-order valence-electron chi connectivity index (χ0n) is 25.5. The maximum atomic E-state index is 15.7. The van der Waals surface area contributed by atoms with Gasteiger partial charge < -0.3 is 10.1 Å². The number of halogens is 2. The summed E-state index contributed by atoms with van der Waals surface area (Å²) in [6.45, 7) is 7.40. The van der Waals surface area contributed by atoms with Gasteiger partial charge in [0.1, 0.15) is 6.07 Å². The Morgan fingerprint density at radius 3 is 2.57 bits per heavy atom. The number of pyridine rings is 3. The Morgan fingerprint density at radius 1 is 1.17 bits per heavy atom. The number of fused-ring (bicyclic) bond motifs is 1. The fraction of sp³-hybridized carbons (Fsp3) is 0.242. The summed E-state index contributed by atoms with van der Waals surface area (Å²) in [4.78, 5) is 26.0. The van der Waals surface area contributed by atoms with Crippen molar-refractivity contribution in [2.45, 2.75) is 50.5 Å². The molecule has 1 unspecified atom stereocenters. The molecule has 10 nitrogen and oxygen atoms in total. The number of aryl methyl sites for hydroxylation is 1. The van der Waals surface area contributed by atoms with Gasteiger partial charge in [0.2, 0.25) is 0 Å². The second kappa shape index (κ2) is 12.9. The SMILES string of the molecule is CCOC(=O)CC(Nc1nc(-c2cn(S(=O)(=O)c3ccc(C)cc3)c3ncc(Cl)cc23)c(C#N)cc1F)C(C)(C)c1ccccn1. The normalized spacial score (nSPS) is 12.5. The molecule has 0 aliphatic rings. The molecule has 5 rings (SSSR count). The van der Waals surface area contributed by atoms with E-state index in [1.54, 1.807) is 37.4 Å². The predicted octanol–water partition coefficient (Wildman–Crippen LogP) is 6.41. The van der Waals surface area contributed by atoms with Crippen LogP contribution in [0.15, 0.2) is 78.1 Å². The fourth-order valence-corrected chi connectivity index (χ4v) is 6.57. The molecule has 5 aromatic rings. The van der Waals surface area contributed by atoms with Crippen LogP contribution < -0.4 is 5.32 Å². The number of benzene rings is 1. The van der Waals surface area contributed by atoms with Crippen LogP contribution in [0.5, 0.6) is 0 Å². The zero-order valence-corrected chi connectivity index (χ0v) is 27.0. The van der Waals surface area contributed by atoms with Crippen LogP contribution >= 0.6 is 11.6 Å². The van der Waals surface area contributed by atoms with E-state index in [2.05, 4.69) is 20.3 Å². The quantitative estimate of drug-likeness (QED) is 0.168. The van der Waals surface area contributed by atoms with Crippen LogP contribution in [0.1, 0.15) is 44.0 Å². The smallest absolute Gasteiger partial charge is 0.307 e. The first-order chi connectivity index (χ1) is 21.9. The molecule has 0 fully saturated rings. The number of esters is 1. The van der Waals surface area contributed by atoms with Crippen molar-refractivity contribution in [1.29, 1.82) is 5.26 Å². The summed E-state index contributed by atoms with van der Waals surface area (Å²) in [5.74, 6) is -1.62. The summed E-state index contributed by atoms with van der Waals surface area (Å²) in [5.41, 5.74) is 0.753. The molecular weight excluding hydrogens is 631 g/mol. The summed E-state index contributed by atoms with van der Waals surface area (Å²) in [5, 5.41) is 13.6. The fourth-order valence-electron chi connectivity index (χ4n) is 5.09. The van der Waals surface area contributed by atoms with Crippen LogP contribution in [-0.4, -0.2) is 46.0 Å². The molecule has 0 spiro atoms. The van der Waals surface area contributed by atoms with Crippen molar-refractivity contribution < 1.29 is 22.3 Å². The van der Waals surface area contributed by atoms with E-state index in [4.69, 9.17) is 16.3 Å². The average molecular weight is 661 g/mol. The van der Waals surface area contributed by atoms with Gasteiger partial charge in [-0.3, -0.25) is 9.78 Å². The van der Waals surface area contributed by atoms with Crippen LogP contribution in [0.25, 0.3) is 22.3 Å². The average Bonchev–Trinajstić information content (AvgIpc) is 3.41. The summed E-state index contributed by atoms with van der Waals surface area (Å²) in [6.07, 6.45) is 4.07. The number of ether oxygens (including phenoxy) is 1. The lowest BCUT2D eigenvalue weighted by atomic mass is 9.79. The maximum absolute atomic E-state index is 15.7. The minimum absolute atomic E-state index is 0.0103. The van der Waals surface area contributed by atoms with Crippen molar-refractivity contribution in [1.82, 2.24) is 18.9 Å². The lowest BCUT2D eigenvalue weighted by Crippen LogP contribution is -2.42. The summed E-state index contributed by atoms with van der Waals surface area (Å²) < 4.78 is 49.4. The van der Waals surface area contributed by atoms with E-state index in [0.29, 0.717) is 5.69 Å². The number of aromatic nitrogens is 4. The summed E-state index contributed by atoms with van der Waals surface area (Å²) in [6, 6.07) is 15.4. The lowest BCUT2D eigenvalue weighted by molar-refractivity contribution is -0.143. The summed E-state index contributed by atoms with van der Waals surface area (Å²) >= 11 is 6.29.